The normalized spacial score (nSPS) is 21.4. The SMILES string of the molecule is N=C1SC(=Cc2cc3c(cc2Cl)OCO3)C(=O)C1c1nccs1. The first-order valence-electron chi connectivity index (χ1n) is 6.64. The van der Waals surface area contributed by atoms with E-state index in [9.17, 15) is 4.79 Å². The Morgan fingerprint density at radius 1 is 1.35 bits per heavy atom. The minimum absolute atomic E-state index is 0.122. The second-order valence-corrected chi connectivity index (χ2v) is 7.29. The summed E-state index contributed by atoms with van der Waals surface area (Å²) in [7, 11) is 0. The van der Waals surface area contributed by atoms with Crippen LogP contribution in [-0.2, 0) is 4.79 Å². The van der Waals surface area contributed by atoms with E-state index >= 15 is 0 Å². The lowest BCUT2D eigenvalue weighted by atomic mass is 10.0. The Morgan fingerprint density at radius 3 is 2.87 bits per heavy atom. The third kappa shape index (κ3) is 2.54. The summed E-state index contributed by atoms with van der Waals surface area (Å²) in [5.74, 6) is 0.474. The number of Topliss-reactive ketones (excluding diaryl/α,β-unsaturated/α-hetero) is 1. The first-order valence-corrected chi connectivity index (χ1v) is 8.71. The van der Waals surface area contributed by atoms with E-state index in [1.165, 1.54) is 11.3 Å². The van der Waals surface area contributed by atoms with Crippen LogP contribution >= 0.6 is 34.7 Å². The molecule has 0 radical (unpaired) electrons. The molecule has 1 fully saturated rings. The minimum Gasteiger partial charge on any atom is -0.454 e. The quantitative estimate of drug-likeness (QED) is 0.817. The van der Waals surface area contributed by atoms with E-state index in [1.54, 1.807) is 29.8 Å². The summed E-state index contributed by atoms with van der Waals surface area (Å²) in [6.45, 7) is 0.163. The van der Waals surface area contributed by atoms with Crippen LogP contribution in [0.25, 0.3) is 6.08 Å². The number of hydrogen-bond acceptors (Lipinski definition) is 7. The van der Waals surface area contributed by atoms with Crippen molar-refractivity contribution >= 4 is 51.6 Å². The van der Waals surface area contributed by atoms with Gasteiger partial charge in [0, 0.05) is 17.6 Å². The summed E-state index contributed by atoms with van der Waals surface area (Å²) in [5.41, 5.74) is 0.666. The maximum absolute atomic E-state index is 12.6. The van der Waals surface area contributed by atoms with E-state index in [0.29, 0.717) is 32.0 Å². The molecule has 2 aliphatic heterocycles. The fourth-order valence-electron chi connectivity index (χ4n) is 2.38. The van der Waals surface area contributed by atoms with Crippen molar-refractivity contribution in [1.82, 2.24) is 4.98 Å². The highest BCUT2D eigenvalue weighted by Gasteiger charge is 2.38. The molecule has 1 N–H and O–H groups in total. The van der Waals surface area contributed by atoms with E-state index in [2.05, 4.69) is 4.98 Å². The smallest absolute Gasteiger partial charge is 0.231 e. The molecule has 1 aromatic carbocycles. The topological polar surface area (TPSA) is 72.3 Å². The lowest BCUT2D eigenvalue weighted by Gasteiger charge is -2.03. The number of carbonyl (C=O) groups is 1. The second kappa shape index (κ2) is 5.67. The van der Waals surface area contributed by atoms with E-state index < -0.39 is 5.92 Å². The summed E-state index contributed by atoms with van der Waals surface area (Å²) < 4.78 is 10.6. The molecule has 2 aliphatic rings. The molecule has 116 valence electrons. The van der Waals surface area contributed by atoms with Crippen LogP contribution in [0, 0.1) is 5.41 Å². The van der Waals surface area contributed by atoms with Crippen molar-refractivity contribution in [2.45, 2.75) is 5.92 Å². The summed E-state index contributed by atoms with van der Waals surface area (Å²) in [4.78, 5) is 17.2. The van der Waals surface area contributed by atoms with Gasteiger partial charge in [-0.05, 0) is 17.7 Å². The number of benzene rings is 1. The molecular formula is C15H9ClN2O3S2. The minimum atomic E-state index is -0.598. The van der Waals surface area contributed by atoms with E-state index in [0.717, 1.165) is 11.8 Å². The molecule has 8 heteroatoms. The molecule has 0 saturated carbocycles. The molecule has 2 aromatic rings. The fraction of sp³-hybridized carbons (Fsp3) is 0.133. The molecule has 5 nitrogen and oxygen atoms in total. The largest absolute Gasteiger partial charge is 0.454 e. The number of nitrogens with zero attached hydrogens (tertiary/aromatic N) is 1. The predicted molar refractivity (Wildman–Crippen MR) is 90.7 cm³/mol. The predicted octanol–water partition coefficient (Wildman–Crippen LogP) is 3.94. The molecule has 1 unspecified atom stereocenters. The van der Waals surface area contributed by atoms with Gasteiger partial charge in [-0.15, -0.1) is 11.3 Å². The molecule has 0 aliphatic carbocycles. The summed E-state index contributed by atoms with van der Waals surface area (Å²) in [6.07, 6.45) is 3.33. The number of rotatable bonds is 2. The van der Waals surface area contributed by atoms with Gasteiger partial charge in [0.2, 0.25) is 6.79 Å². The van der Waals surface area contributed by atoms with Crippen molar-refractivity contribution in [2.24, 2.45) is 0 Å². The maximum atomic E-state index is 12.6. The van der Waals surface area contributed by atoms with Gasteiger partial charge in [0.25, 0.3) is 0 Å². The summed E-state index contributed by atoms with van der Waals surface area (Å²) in [6, 6.07) is 3.41. The lowest BCUT2D eigenvalue weighted by Crippen LogP contribution is -2.11. The van der Waals surface area contributed by atoms with Crippen LogP contribution in [0.3, 0.4) is 0 Å². The Morgan fingerprint density at radius 2 is 2.13 bits per heavy atom. The van der Waals surface area contributed by atoms with Gasteiger partial charge < -0.3 is 9.47 Å². The number of allylic oxidation sites excluding steroid dienone is 1. The van der Waals surface area contributed by atoms with E-state index in [-0.39, 0.29) is 17.6 Å². The Hall–Kier alpha value is -1.83. The van der Waals surface area contributed by atoms with Gasteiger partial charge in [-0.3, -0.25) is 10.2 Å². The molecule has 1 aromatic heterocycles. The van der Waals surface area contributed by atoms with Crippen LogP contribution in [0.1, 0.15) is 16.5 Å². The standard InChI is InChI=1S/C15H9ClN2O3S2/c16-8-5-10-9(20-6-21-10)3-7(8)4-11-13(19)12(14(17)23-11)15-18-1-2-22-15/h1-5,12,17H,6H2. The van der Waals surface area contributed by atoms with E-state index in [1.807, 2.05) is 0 Å². The van der Waals surface area contributed by atoms with Crippen LogP contribution < -0.4 is 9.47 Å². The first-order chi connectivity index (χ1) is 11.1. The number of hydrogen-bond donors (Lipinski definition) is 1. The zero-order valence-electron chi connectivity index (χ0n) is 11.5. The number of halogens is 1. The Kier molecular flexibility index (Phi) is 3.63. The van der Waals surface area contributed by atoms with Gasteiger partial charge in [-0.2, -0.15) is 0 Å². The third-order valence-corrected chi connectivity index (χ3v) is 5.63. The van der Waals surface area contributed by atoms with Gasteiger partial charge in [0.1, 0.15) is 10.9 Å². The summed E-state index contributed by atoms with van der Waals surface area (Å²) in [5, 5.41) is 11.3. The average molecular weight is 365 g/mol. The maximum Gasteiger partial charge on any atom is 0.231 e. The van der Waals surface area contributed by atoms with Crippen LogP contribution in [0.4, 0.5) is 0 Å². The number of thiazole rings is 1. The van der Waals surface area contributed by atoms with Crippen LogP contribution in [-0.4, -0.2) is 22.6 Å². The van der Waals surface area contributed by atoms with E-state index in [4.69, 9.17) is 26.5 Å². The first kappa shape index (κ1) is 14.7. The van der Waals surface area contributed by atoms with Crippen molar-refractivity contribution in [2.75, 3.05) is 6.79 Å². The lowest BCUT2D eigenvalue weighted by molar-refractivity contribution is -0.114. The highest BCUT2D eigenvalue weighted by molar-refractivity contribution is 8.19. The molecular weight excluding hydrogens is 356 g/mol. The van der Waals surface area contributed by atoms with Crippen molar-refractivity contribution in [3.63, 3.8) is 0 Å². The highest BCUT2D eigenvalue weighted by Crippen LogP contribution is 2.43. The van der Waals surface area contributed by atoms with Crippen LogP contribution in [0.2, 0.25) is 5.02 Å². The number of carbonyl (C=O) groups excluding carboxylic acids is 1. The molecule has 0 spiro atoms. The zero-order chi connectivity index (χ0) is 16.0. The molecule has 3 heterocycles. The Bertz CT molecular complexity index is 849. The van der Waals surface area contributed by atoms with Crippen molar-refractivity contribution in [3.05, 3.63) is 44.2 Å². The number of ketones is 1. The molecule has 1 saturated heterocycles. The Balaban J connectivity index is 1.70. The van der Waals surface area contributed by atoms with Gasteiger partial charge in [-0.1, -0.05) is 23.4 Å². The molecule has 1 atom stereocenters. The zero-order valence-corrected chi connectivity index (χ0v) is 13.9. The number of thioether (sulfide) groups is 1. The van der Waals surface area contributed by atoms with Gasteiger partial charge in [0.05, 0.1) is 15.0 Å². The van der Waals surface area contributed by atoms with Crippen molar-refractivity contribution in [3.8, 4) is 11.5 Å². The number of aromatic nitrogens is 1. The van der Waals surface area contributed by atoms with Crippen molar-refractivity contribution < 1.29 is 14.3 Å². The van der Waals surface area contributed by atoms with Crippen LogP contribution in [0.5, 0.6) is 11.5 Å². The average Bonchev–Trinajstić information content (AvgIpc) is 3.22. The summed E-state index contributed by atoms with van der Waals surface area (Å²) >= 11 is 8.77. The molecule has 4 rings (SSSR count). The fourth-order valence-corrected chi connectivity index (χ4v) is 4.38. The van der Waals surface area contributed by atoms with Crippen LogP contribution in [0.15, 0.2) is 28.6 Å². The highest BCUT2D eigenvalue weighted by atomic mass is 35.5. The van der Waals surface area contributed by atoms with Gasteiger partial charge in [0.15, 0.2) is 17.3 Å². The number of nitrogens with one attached hydrogen (secondary N) is 1. The number of fused-ring (bicyclic) bond motifs is 1. The molecule has 0 bridgehead atoms. The third-order valence-electron chi connectivity index (χ3n) is 3.46. The Labute approximate surface area is 144 Å². The van der Waals surface area contributed by atoms with Gasteiger partial charge >= 0.3 is 0 Å². The molecule has 0 amide bonds. The number of ether oxygens (including phenoxy) is 2. The monoisotopic (exact) mass is 364 g/mol. The second-order valence-electron chi connectivity index (χ2n) is 4.87. The van der Waals surface area contributed by atoms with Gasteiger partial charge in [-0.25, -0.2) is 4.98 Å². The van der Waals surface area contributed by atoms with Crippen molar-refractivity contribution in [1.29, 1.82) is 5.41 Å². The molecule has 23 heavy (non-hydrogen) atoms.